The Balaban J connectivity index is 1.18. The summed E-state index contributed by atoms with van der Waals surface area (Å²) in [5.41, 5.74) is 1.50. The summed E-state index contributed by atoms with van der Waals surface area (Å²) in [6.45, 7) is 4.62. The molecule has 2 aromatic carbocycles. The number of fused-ring (bicyclic) bond motifs is 1. The second-order valence-corrected chi connectivity index (χ2v) is 10.9. The molecule has 0 bridgehead atoms. The highest BCUT2D eigenvalue weighted by molar-refractivity contribution is 5.95. The fourth-order valence-electron chi connectivity index (χ4n) is 5.53. The predicted molar refractivity (Wildman–Crippen MR) is 166 cm³/mol. The van der Waals surface area contributed by atoms with Crippen molar-refractivity contribution in [3.05, 3.63) is 73.5 Å². The molecular weight excluding hydrogens is 587 g/mol. The number of aromatic nitrogens is 3. The zero-order valence-corrected chi connectivity index (χ0v) is 24.6. The minimum Gasteiger partial charge on any atom is -0.495 e. The summed E-state index contributed by atoms with van der Waals surface area (Å²) < 4.78 is 54.1. The first-order valence-electron chi connectivity index (χ1n) is 14.6. The molecule has 2 aromatic heterocycles. The van der Waals surface area contributed by atoms with Crippen molar-refractivity contribution in [2.75, 3.05) is 48.8 Å². The van der Waals surface area contributed by atoms with E-state index in [0.29, 0.717) is 47.1 Å². The number of nitrogens with zero attached hydrogens (tertiary/aromatic N) is 5. The van der Waals surface area contributed by atoms with E-state index in [2.05, 4.69) is 32.2 Å². The molecule has 0 spiro atoms. The standard InChI is InChI=1S/C32H32F3N7O3/c1-3-31(43)41-10-7-19(8-11-41)39-28-14-22-27(15-29(28)44-2)37-18-38-32(22)40-26-5-4-20(12-23(26)33)45-21-6-9-36-30(13-21)42-16-24(34)25(35)17-42/h3-6,9,12-15,18-19,24-25,39H,1,7-8,10-11,16-17H2,2H3,(H,37,38,40)/t24-,25-/m0/s1. The van der Waals surface area contributed by atoms with Crippen LogP contribution in [0.3, 0.4) is 0 Å². The number of pyridine rings is 1. The Morgan fingerprint density at radius 1 is 1.00 bits per heavy atom. The van der Waals surface area contributed by atoms with Gasteiger partial charge in [-0.25, -0.2) is 28.1 Å². The molecule has 0 radical (unpaired) electrons. The first-order valence-corrected chi connectivity index (χ1v) is 14.6. The molecule has 6 rings (SSSR count). The lowest BCUT2D eigenvalue weighted by atomic mass is 10.0. The molecule has 2 aliphatic rings. The van der Waals surface area contributed by atoms with Gasteiger partial charge in [0.05, 0.1) is 37.1 Å². The summed E-state index contributed by atoms with van der Waals surface area (Å²) in [7, 11) is 1.58. The highest BCUT2D eigenvalue weighted by atomic mass is 19.2. The van der Waals surface area contributed by atoms with Gasteiger partial charge in [-0.3, -0.25) is 4.79 Å². The average molecular weight is 620 g/mol. The third-order valence-corrected chi connectivity index (χ3v) is 7.95. The van der Waals surface area contributed by atoms with E-state index < -0.39 is 18.2 Å². The van der Waals surface area contributed by atoms with E-state index in [0.717, 1.165) is 18.5 Å². The van der Waals surface area contributed by atoms with Crippen molar-refractivity contribution < 1.29 is 27.4 Å². The van der Waals surface area contributed by atoms with Gasteiger partial charge in [-0.2, -0.15) is 0 Å². The first kappa shape index (κ1) is 30.0. The van der Waals surface area contributed by atoms with E-state index in [9.17, 15) is 13.6 Å². The summed E-state index contributed by atoms with van der Waals surface area (Å²) in [4.78, 5) is 28.2. The second-order valence-electron chi connectivity index (χ2n) is 10.9. The van der Waals surface area contributed by atoms with Crippen LogP contribution in [0.5, 0.6) is 17.2 Å². The SMILES string of the molecule is C=CC(=O)N1CCC(Nc2cc3c(Nc4ccc(Oc5ccnc(N6C[C@H](F)[C@@H](F)C6)c5)cc4F)ncnc3cc2OC)CC1. The number of hydrogen-bond donors (Lipinski definition) is 2. The lowest BCUT2D eigenvalue weighted by Gasteiger charge is -2.32. The van der Waals surface area contributed by atoms with Gasteiger partial charge in [0.1, 0.15) is 41.0 Å². The minimum atomic E-state index is -1.57. The van der Waals surface area contributed by atoms with E-state index in [4.69, 9.17) is 9.47 Å². The van der Waals surface area contributed by atoms with Gasteiger partial charge in [-0.1, -0.05) is 6.58 Å². The Labute approximate surface area is 257 Å². The monoisotopic (exact) mass is 619 g/mol. The number of carbonyl (C=O) groups excluding carboxylic acids is 1. The van der Waals surface area contributed by atoms with Gasteiger partial charge >= 0.3 is 0 Å². The van der Waals surface area contributed by atoms with Crippen molar-refractivity contribution in [3.63, 3.8) is 0 Å². The van der Waals surface area contributed by atoms with Gasteiger partial charge in [0, 0.05) is 48.9 Å². The number of hydrogen-bond acceptors (Lipinski definition) is 9. The molecule has 1 amide bonds. The molecule has 0 aliphatic carbocycles. The van der Waals surface area contributed by atoms with Crippen LogP contribution in [0.1, 0.15) is 12.8 Å². The van der Waals surface area contributed by atoms with Crippen molar-refractivity contribution in [1.82, 2.24) is 19.9 Å². The lowest BCUT2D eigenvalue weighted by molar-refractivity contribution is -0.126. The Kier molecular flexibility index (Phi) is 8.58. The van der Waals surface area contributed by atoms with Gasteiger partial charge in [-0.15, -0.1) is 0 Å². The third kappa shape index (κ3) is 6.56. The summed E-state index contributed by atoms with van der Waals surface area (Å²) >= 11 is 0. The number of methoxy groups -OCH3 is 1. The molecule has 2 N–H and O–H groups in total. The van der Waals surface area contributed by atoms with Crippen LogP contribution in [0, 0.1) is 5.82 Å². The van der Waals surface area contributed by atoms with Crippen LogP contribution >= 0.6 is 0 Å². The molecule has 2 aliphatic heterocycles. The normalized spacial score (nSPS) is 18.6. The number of nitrogens with one attached hydrogen (secondary N) is 2. The molecular formula is C32H32F3N7O3. The molecule has 2 atom stereocenters. The van der Waals surface area contributed by atoms with E-state index in [-0.39, 0.29) is 36.5 Å². The fourth-order valence-corrected chi connectivity index (χ4v) is 5.53. The van der Waals surface area contributed by atoms with Crippen molar-refractivity contribution in [1.29, 1.82) is 0 Å². The zero-order valence-electron chi connectivity index (χ0n) is 24.6. The van der Waals surface area contributed by atoms with Crippen LogP contribution < -0.4 is 25.0 Å². The van der Waals surface area contributed by atoms with Gasteiger partial charge in [-0.05, 0) is 43.2 Å². The van der Waals surface area contributed by atoms with Crippen LogP contribution in [0.25, 0.3) is 10.9 Å². The summed E-state index contributed by atoms with van der Waals surface area (Å²) in [6, 6.07) is 11.3. The van der Waals surface area contributed by atoms with Crippen molar-refractivity contribution in [2.24, 2.45) is 0 Å². The van der Waals surface area contributed by atoms with Crippen LogP contribution in [-0.2, 0) is 4.79 Å². The highest BCUT2D eigenvalue weighted by Gasteiger charge is 2.33. The molecule has 45 heavy (non-hydrogen) atoms. The largest absolute Gasteiger partial charge is 0.495 e. The number of rotatable bonds is 9. The van der Waals surface area contributed by atoms with Gasteiger partial charge < -0.3 is 29.9 Å². The smallest absolute Gasteiger partial charge is 0.245 e. The van der Waals surface area contributed by atoms with Crippen LogP contribution in [0.2, 0.25) is 0 Å². The number of carbonyl (C=O) groups is 1. The lowest BCUT2D eigenvalue weighted by Crippen LogP contribution is -2.41. The Morgan fingerprint density at radius 3 is 2.47 bits per heavy atom. The molecule has 0 unspecified atom stereocenters. The maximum absolute atomic E-state index is 15.3. The number of piperidine rings is 1. The van der Waals surface area contributed by atoms with Crippen molar-refractivity contribution in [2.45, 2.75) is 31.2 Å². The minimum absolute atomic E-state index is 0.0738. The molecule has 234 valence electrons. The molecule has 13 heteroatoms. The molecule has 4 aromatic rings. The van der Waals surface area contributed by atoms with Gasteiger partial charge in [0.25, 0.3) is 0 Å². The second kappa shape index (κ2) is 12.9. The van der Waals surface area contributed by atoms with Crippen molar-refractivity contribution in [3.8, 4) is 17.2 Å². The van der Waals surface area contributed by atoms with Crippen LogP contribution in [0.4, 0.5) is 36.2 Å². The maximum atomic E-state index is 15.3. The molecule has 4 heterocycles. The number of anilines is 4. The van der Waals surface area contributed by atoms with Crippen molar-refractivity contribution >= 4 is 39.8 Å². The van der Waals surface area contributed by atoms with Gasteiger partial charge in [0.15, 0.2) is 12.3 Å². The van der Waals surface area contributed by atoms with E-state index in [1.165, 1.54) is 35.6 Å². The molecule has 10 nitrogen and oxygen atoms in total. The number of amides is 1. The van der Waals surface area contributed by atoms with E-state index >= 15 is 4.39 Å². The van der Waals surface area contributed by atoms with Crippen LogP contribution in [-0.4, -0.2) is 77.4 Å². The number of likely N-dealkylation sites (tertiary alicyclic amines) is 1. The number of halogens is 3. The maximum Gasteiger partial charge on any atom is 0.245 e. The average Bonchev–Trinajstić information content (AvgIpc) is 3.40. The first-order chi connectivity index (χ1) is 21.8. The van der Waals surface area contributed by atoms with Crippen LogP contribution in [0.15, 0.2) is 67.6 Å². The summed E-state index contributed by atoms with van der Waals surface area (Å²) in [5.74, 6) is 1.30. The molecule has 2 saturated heterocycles. The fraction of sp³-hybridized carbons (Fsp3) is 0.312. The number of ether oxygens (including phenoxy) is 2. The molecule has 2 fully saturated rings. The summed E-state index contributed by atoms with van der Waals surface area (Å²) in [5, 5.41) is 7.23. The number of benzene rings is 2. The quantitative estimate of drug-likeness (QED) is 0.225. The third-order valence-electron chi connectivity index (χ3n) is 7.95. The van der Waals surface area contributed by atoms with E-state index in [1.54, 1.807) is 36.3 Å². The van der Waals surface area contributed by atoms with E-state index in [1.807, 2.05) is 6.07 Å². The Bertz CT molecular complexity index is 1710. The number of alkyl halides is 2. The summed E-state index contributed by atoms with van der Waals surface area (Å²) in [6.07, 6.45) is 2.56. The topological polar surface area (TPSA) is 105 Å². The zero-order chi connectivity index (χ0) is 31.5. The Hall–Kier alpha value is -5.07. The van der Waals surface area contributed by atoms with Gasteiger partial charge in [0.2, 0.25) is 5.91 Å². The Morgan fingerprint density at radius 2 is 1.76 bits per heavy atom. The highest BCUT2D eigenvalue weighted by Crippen LogP contribution is 2.35. The molecule has 0 saturated carbocycles. The predicted octanol–water partition coefficient (Wildman–Crippen LogP) is 5.79.